The zero-order chi connectivity index (χ0) is 10.9. The topological polar surface area (TPSA) is 37.3 Å². The lowest BCUT2D eigenvalue weighted by atomic mass is 10.0. The molecule has 2 nitrogen and oxygen atoms in total. The van der Waals surface area contributed by atoms with Crippen LogP contribution >= 0.6 is 0 Å². The first-order valence-electron chi connectivity index (χ1n) is 6.40. The van der Waals surface area contributed by atoms with Crippen molar-refractivity contribution in [1.82, 2.24) is 0 Å². The Balaban J connectivity index is 2.28. The molecule has 0 heterocycles. The molecule has 1 unspecified atom stereocenters. The van der Waals surface area contributed by atoms with Gasteiger partial charge in [-0.05, 0) is 12.8 Å². The molecule has 0 saturated heterocycles. The lowest BCUT2D eigenvalue weighted by Gasteiger charge is -2.13. The smallest absolute Gasteiger partial charge is 0.155 e. The Morgan fingerprint density at radius 3 is 1.40 bits per heavy atom. The molecule has 1 fully saturated rings. The Kier molecular flexibility index (Phi) is 7.28. The lowest BCUT2D eigenvalue weighted by molar-refractivity contribution is 0.482. The Labute approximate surface area is 96.1 Å². The second-order valence-corrected chi connectivity index (χ2v) is 5.88. The average molecular weight is 232 g/mol. The molecular weight excluding hydrogens is 208 g/mol. The van der Waals surface area contributed by atoms with E-state index in [0.29, 0.717) is 0 Å². The highest BCUT2D eigenvalue weighted by atomic mass is 32.2. The Bertz CT molecular complexity index is 170. The summed E-state index contributed by atoms with van der Waals surface area (Å²) in [6.07, 6.45) is 13.4. The Morgan fingerprint density at radius 2 is 1.07 bits per heavy atom. The quantitative estimate of drug-likeness (QED) is 0.697. The van der Waals surface area contributed by atoms with Crippen molar-refractivity contribution in [2.24, 2.45) is 0 Å². The average Bonchev–Trinajstić information content (AvgIpc) is 2.18. The largest absolute Gasteiger partial charge is 0.306 e. The maximum Gasteiger partial charge on any atom is 0.155 e. The molecule has 0 bridgehead atoms. The summed E-state index contributed by atoms with van der Waals surface area (Å²) in [5.74, 6) is 0. The van der Waals surface area contributed by atoms with Crippen LogP contribution < -0.4 is 0 Å². The molecule has 1 saturated carbocycles. The van der Waals surface area contributed by atoms with Crippen molar-refractivity contribution in [2.45, 2.75) is 75.9 Å². The highest BCUT2D eigenvalue weighted by Gasteiger charge is 2.14. The summed E-state index contributed by atoms with van der Waals surface area (Å²) < 4.78 is 20.2. The molecule has 0 radical (unpaired) electrons. The molecule has 1 N–H and O–H groups in total. The number of hydrogen-bond donors (Lipinski definition) is 1. The highest BCUT2D eigenvalue weighted by molar-refractivity contribution is 7.79. The fourth-order valence-electron chi connectivity index (χ4n) is 2.33. The van der Waals surface area contributed by atoms with Crippen LogP contribution in [0.15, 0.2) is 0 Å². The summed E-state index contributed by atoms with van der Waals surface area (Å²) >= 11 is -1.59. The SMILES string of the molecule is O=S(O)C1CCCCCCCCCCC1. The first-order valence-corrected chi connectivity index (χ1v) is 7.57. The Hall–Kier alpha value is 0.110. The van der Waals surface area contributed by atoms with E-state index in [0.717, 1.165) is 25.7 Å². The van der Waals surface area contributed by atoms with Crippen molar-refractivity contribution < 1.29 is 8.76 Å². The van der Waals surface area contributed by atoms with Crippen LogP contribution in [0.4, 0.5) is 0 Å². The molecule has 1 atom stereocenters. The van der Waals surface area contributed by atoms with Crippen molar-refractivity contribution in [2.75, 3.05) is 0 Å². The van der Waals surface area contributed by atoms with Crippen LogP contribution in [0, 0.1) is 0 Å². The van der Waals surface area contributed by atoms with Gasteiger partial charge >= 0.3 is 0 Å². The first kappa shape index (κ1) is 13.2. The molecule has 90 valence electrons. The maximum absolute atomic E-state index is 11.1. The molecule has 1 aliphatic carbocycles. The van der Waals surface area contributed by atoms with Gasteiger partial charge in [0.2, 0.25) is 0 Å². The fraction of sp³-hybridized carbons (Fsp3) is 1.00. The van der Waals surface area contributed by atoms with E-state index < -0.39 is 11.1 Å². The molecule has 1 aliphatic rings. The fourth-order valence-corrected chi connectivity index (χ4v) is 3.06. The van der Waals surface area contributed by atoms with E-state index in [1.807, 2.05) is 0 Å². The van der Waals surface area contributed by atoms with E-state index in [1.54, 1.807) is 0 Å². The van der Waals surface area contributed by atoms with E-state index in [1.165, 1.54) is 44.9 Å². The summed E-state index contributed by atoms with van der Waals surface area (Å²) in [5, 5.41) is 0.0458. The zero-order valence-corrected chi connectivity index (χ0v) is 10.4. The summed E-state index contributed by atoms with van der Waals surface area (Å²) in [7, 11) is 0. The van der Waals surface area contributed by atoms with Gasteiger partial charge in [0.05, 0.1) is 5.25 Å². The minimum atomic E-state index is -1.59. The summed E-state index contributed by atoms with van der Waals surface area (Å²) in [5.41, 5.74) is 0. The Morgan fingerprint density at radius 1 is 0.733 bits per heavy atom. The van der Waals surface area contributed by atoms with Gasteiger partial charge < -0.3 is 4.55 Å². The van der Waals surface area contributed by atoms with Crippen LogP contribution in [0.5, 0.6) is 0 Å². The van der Waals surface area contributed by atoms with Crippen molar-refractivity contribution in [1.29, 1.82) is 0 Å². The molecule has 15 heavy (non-hydrogen) atoms. The van der Waals surface area contributed by atoms with Crippen molar-refractivity contribution >= 4 is 11.1 Å². The van der Waals surface area contributed by atoms with E-state index in [-0.39, 0.29) is 5.25 Å². The van der Waals surface area contributed by atoms with Gasteiger partial charge in [-0.15, -0.1) is 0 Å². The molecule has 3 heteroatoms. The monoisotopic (exact) mass is 232 g/mol. The highest BCUT2D eigenvalue weighted by Crippen LogP contribution is 2.19. The molecule has 1 rings (SSSR count). The van der Waals surface area contributed by atoms with E-state index in [4.69, 9.17) is 4.55 Å². The third-order valence-corrected chi connectivity index (χ3v) is 4.38. The third-order valence-electron chi connectivity index (χ3n) is 3.34. The van der Waals surface area contributed by atoms with Gasteiger partial charge in [0.15, 0.2) is 11.1 Å². The third kappa shape index (κ3) is 6.31. The predicted molar refractivity (Wildman–Crippen MR) is 65.3 cm³/mol. The summed E-state index contributed by atoms with van der Waals surface area (Å²) in [4.78, 5) is 0. The predicted octanol–water partition coefficient (Wildman–Crippen LogP) is 3.88. The summed E-state index contributed by atoms with van der Waals surface area (Å²) in [6.45, 7) is 0. The standard InChI is InChI=1S/C12H24O2S/c13-15(14)12-10-8-6-4-2-1-3-5-7-9-11-12/h12H,1-11H2,(H,13,14). The van der Waals surface area contributed by atoms with Gasteiger partial charge in [0.25, 0.3) is 0 Å². The van der Waals surface area contributed by atoms with Crippen LogP contribution in [-0.4, -0.2) is 14.0 Å². The van der Waals surface area contributed by atoms with Crippen molar-refractivity contribution in [3.05, 3.63) is 0 Å². The van der Waals surface area contributed by atoms with Gasteiger partial charge in [-0.25, -0.2) is 4.21 Å². The zero-order valence-electron chi connectivity index (χ0n) is 9.62. The molecule has 0 aromatic carbocycles. The van der Waals surface area contributed by atoms with Crippen molar-refractivity contribution in [3.63, 3.8) is 0 Å². The normalized spacial score (nSPS) is 25.1. The van der Waals surface area contributed by atoms with E-state index >= 15 is 0 Å². The second kappa shape index (κ2) is 8.28. The number of rotatable bonds is 1. The van der Waals surface area contributed by atoms with Gasteiger partial charge in [-0.3, -0.25) is 0 Å². The summed E-state index contributed by atoms with van der Waals surface area (Å²) in [6, 6.07) is 0. The number of hydrogen-bond acceptors (Lipinski definition) is 1. The first-order chi connectivity index (χ1) is 7.30. The van der Waals surface area contributed by atoms with Crippen LogP contribution in [0.1, 0.15) is 70.6 Å². The molecule has 0 spiro atoms. The van der Waals surface area contributed by atoms with Gasteiger partial charge in [-0.2, -0.15) is 0 Å². The van der Waals surface area contributed by atoms with Crippen LogP contribution in [-0.2, 0) is 11.1 Å². The second-order valence-electron chi connectivity index (χ2n) is 4.66. The molecule has 0 aliphatic heterocycles. The molecule has 0 aromatic heterocycles. The van der Waals surface area contributed by atoms with E-state index in [2.05, 4.69) is 0 Å². The maximum atomic E-state index is 11.1. The minimum absolute atomic E-state index is 0.0458. The van der Waals surface area contributed by atoms with Gasteiger partial charge in [0, 0.05) is 0 Å². The van der Waals surface area contributed by atoms with Gasteiger partial charge in [-0.1, -0.05) is 57.8 Å². The van der Waals surface area contributed by atoms with Crippen LogP contribution in [0.2, 0.25) is 0 Å². The van der Waals surface area contributed by atoms with Crippen LogP contribution in [0.3, 0.4) is 0 Å². The molecule has 0 aromatic rings. The van der Waals surface area contributed by atoms with E-state index in [9.17, 15) is 4.21 Å². The van der Waals surface area contributed by atoms with Gasteiger partial charge in [0.1, 0.15) is 0 Å². The van der Waals surface area contributed by atoms with Crippen molar-refractivity contribution in [3.8, 4) is 0 Å². The lowest BCUT2D eigenvalue weighted by Crippen LogP contribution is -2.14. The molecule has 0 amide bonds. The molecular formula is C12H24O2S. The van der Waals surface area contributed by atoms with Crippen LogP contribution in [0.25, 0.3) is 0 Å². The minimum Gasteiger partial charge on any atom is -0.306 e.